The highest BCUT2D eigenvalue weighted by atomic mass is 28.3. The summed E-state index contributed by atoms with van der Waals surface area (Å²) >= 11 is 0. The summed E-state index contributed by atoms with van der Waals surface area (Å²) in [6.07, 6.45) is 3.88. The van der Waals surface area contributed by atoms with Crippen molar-refractivity contribution in [1.29, 1.82) is 0 Å². The van der Waals surface area contributed by atoms with E-state index >= 15 is 0 Å². The molecule has 0 saturated carbocycles. The normalized spacial score (nSPS) is 12.3. The van der Waals surface area contributed by atoms with E-state index in [1.807, 2.05) is 6.08 Å². The molecule has 0 aliphatic heterocycles. The first-order valence-corrected chi connectivity index (χ1v) is 7.49. The summed E-state index contributed by atoms with van der Waals surface area (Å²) < 4.78 is 0. The van der Waals surface area contributed by atoms with E-state index in [2.05, 4.69) is 19.6 Å². The number of rotatable bonds is 4. The predicted molar refractivity (Wildman–Crippen MR) is 49.5 cm³/mol. The molecule has 64 valence electrons. The second-order valence-corrected chi connectivity index (χ2v) is 9.36. The van der Waals surface area contributed by atoms with E-state index in [-0.39, 0.29) is 6.42 Å². The molecule has 0 saturated heterocycles. The van der Waals surface area contributed by atoms with Crippen molar-refractivity contribution < 1.29 is 9.90 Å². The predicted octanol–water partition coefficient (Wildman–Crippen LogP) is 2.36. The summed E-state index contributed by atoms with van der Waals surface area (Å²) in [6.45, 7) is 6.79. The van der Waals surface area contributed by atoms with E-state index in [1.54, 1.807) is 6.08 Å². The summed E-state index contributed by atoms with van der Waals surface area (Å²) in [5, 5.41) is 8.30. The fraction of sp³-hybridized carbons (Fsp3) is 0.625. The molecule has 0 aromatic heterocycles. The van der Waals surface area contributed by atoms with Gasteiger partial charge in [0.05, 0.1) is 6.42 Å². The van der Waals surface area contributed by atoms with Gasteiger partial charge in [-0.2, -0.15) is 0 Å². The van der Waals surface area contributed by atoms with Crippen molar-refractivity contribution in [2.75, 3.05) is 0 Å². The highest BCUT2D eigenvalue weighted by Gasteiger charge is 2.09. The van der Waals surface area contributed by atoms with Crippen LogP contribution in [0.3, 0.4) is 0 Å². The second-order valence-electron chi connectivity index (χ2n) is 3.83. The van der Waals surface area contributed by atoms with Crippen molar-refractivity contribution in [2.45, 2.75) is 32.1 Å². The van der Waals surface area contributed by atoms with Gasteiger partial charge >= 0.3 is 5.97 Å². The van der Waals surface area contributed by atoms with Crippen LogP contribution < -0.4 is 0 Å². The SMILES string of the molecule is C[Si](C)(C)CC=CCC(=O)O. The van der Waals surface area contributed by atoms with E-state index in [4.69, 9.17) is 5.11 Å². The Kier molecular flexibility index (Phi) is 4.11. The third-order valence-electron chi connectivity index (χ3n) is 1.19. The standard InChI is InChI=1S/C8H16O2Si/c1-11(2,3)7-5-4-6-8(9)10/h4-5H,6-7H2,1-3H3,(H,9,10). The minimum absolute atomic E-state index is 0.157. The molecule has 0 aromatic rings. The molecular weight excluding hydrogens is 156 g/mol. The van der Waals surface area contributed by atoms with Crippen LogP contribution in [0.25, 0.3) is 0 Å². The van der Waals surface area contributed by atoms with Crippen LogP contribution in [-0.2, 0) is 4.79 Å². The zero-order valence-electron chi connectivity index (χ0n) is 7.42. The lowest BCUT2D eigenvalue weighted by Crippen LogP contribution is -2.17. The Morgan fingerprint density at radius 2 is 1.91 bits per heavy atom. The van der Waals surface area contributed by atoms with Crippen LogP contribution in [0.2, 0.25) is 25.7 Å². The molecule has 11 heavy (non-hydrogen) atoms. The first-order chi connectivity index (χ1) is 4.92. The lowest BCUT2D eigenvalue weighted by Gasteiger charge is -2.11. The molecule has 0 spiro atoms. The van der Waals surface area contributed by atoms with Gasteiger partial charge in [-0.1, -0.05) is 31.8 Å². The molecule has 3 heteroatoms. The van der Waals surface area contributed by atoms with E-state index in [9.17, 15) is 4.79 Å². The molecule has 0 unspecified atom stereocenters. The van der Waals surface area contributed by atoms with Crippen LogP contribution >= 0.6 is 0 Å². The minimum Gasteiger partial charge on any atom is -0.481 e. The van der Waals surface area contributed by atoms with Crippen molar-refractivity contribution in [3.63, 3.8) is 0 Å². The van der Waals surface area contributed by atoms with E-state index in [0.717, 1.165) is 6.04 Å². The molecule has 0 aliphatic rings. The topological polar surface area (TPSA) is 37.3 Å². The monoisotopic (exact) mass is 172 g/mol. The molecule has 0 atom stereocenters. The van der Waals surface area contributed by atoms with Gasteiger partial charge in [-0.3, -0.25) is 4.79 Å². The van der Waals surface area contributed by atoms with Crippen LogP contribution in [0.15, 0.2) is 12.2 Å². The summed E-state index contributed by atoms with van der Waals surface area (Å²) in [6, 6.07) is 1.07. The van der Waals surface area contributed by atoms with Gasteiger partial charge in [-0.05, 0) is 6.04 Å². The summed E-state index contributed by atoms with van der Waals surface area (Å²) in [5.41, 5.74) is 0. The second kappa shape index (κ2) is 4.33. The average Bonchev–Trinajstić information content (AvgIpc) is 1.78. The molecule has 0 amide bonds. The maximum atomic E-state index is 10.1. The molecule has 1 N–H and O–H groups in total. The number of carboxylic acids is 1. The number of carboxylic acid groups (broad SMARTS) is 1. The van der Waals surface area contributed by atoms with Crippen LogP contribution in [0, 0.1) is 0 Å². The number of carbonyl (C=O) groups is 1. The lowest BCUT2D eigenvalue weighted by atomic mass is 10.4. The van der Waals surface area contributed by atoms with Gasteiger partial charge in [-0.25, -0.2) is 0 Å². The Bertz CT molecular complexity index is 156. The summed E-state index contributed by atoms with van der Waals surface area (Å²) in [5.74, 6) is -0.753. The Labute approximate surface area is 68.9 Å². The molecule has 2 nitrogen and oxygen atoms in total. The third-order valence-corrected chi connectivity index (χ3v) is 2.65. The molecule has 0 heterocycles. The quantitative estimate of drug-likeness (QED) is 0.522. The number of hydrogen-bond acceptors (Lipinski definition) is 1. The maximum absolute atomic E-state index is 10.1. The van der Waals surface area contributed by atoms with Crippen molar-refractivity contribution in [1.82, 2.24) is 0 Å². The molecule has 0 aromatic carbocycles. The Morgan fingerprint density at radius 3 is 2.27 bits per heavy atom. The molecule has 0 radical (unpaired) electrons. The zero-order valence-corrected chi connectivity index (χ0v) is 8.42. The van der Waals surface area contributed by atoms with Gasteiger partial charge in [0.1, 0.15) is 0 Å². The average molecular weight is 172 g/mol. The Balaban J connectivity index is 3.53. The highest BCUT2D eigenvalue weighted by molar-refractivity contribution is 6.76. The highest BCUT2D eigenvalue weighted by Crippen LogP contribution is 2.08. The number of aliphatic carboxylic acids is 1. The van der Waals surface area contributed by atoms with Crippen LogP contribution in [0.1, 0.15) is 6.42 Å². The summed E-state index contributed by atoms with van der Waals surface area (Å²) in [4.78, 5) is 10.1. The van der Waals surface area contributed by atoms with E-state index in [1.165, 1.54) is 0 Å². The molecule has 0 bridgehead atoms. The smallest absolute Gasteiger partial charge is 0.307 e. The maximum Gasteiger partial charge on any atom is 0.307 e. The van der Waals surface area contributed by atoms with Gasteiger partial charge in [0, 0.05) is 8.07 Å². The van der Waals surface area contributed by atoms with Crippen molar-refractivity contribution in [3.8, 4) is 0 Å². The van der Waals surface area contributed by atoms with Gasteiger partial charge in [0.2, 0.25) is 0 Å². The number of allylic oxidation sites excluding steroid dienone is 1. The Hall–Kier alpha value is -0.573. The van der Waals surface area contributed by atoms with E-state index < -0.39 is 14.0 Å². The first-order valence-electron chi connectivity index (χ1n) is 3.78. The third kappa shape index (κ3) is 9.43. The number of hydrogen-bond donors (Lipinski definition) is 1. The largest absolute Gasteiger partial charge is 0.481 e. The first kappa shape index (κ1) is 10.4. The van der Waals surface area contributed by atoms with Gasteiger partial charge in [-0.15, -0.1) is 0 Å². The minimum atomic E-state index is -1.01. The molecule has 0 aliphatic carbocycles. The van der Waals surface area contributed by atoms with Crippen molar-refractivity contribution in [2.24, 2.45) is 0 Å². The fourth-order valence-corrected chi connectivity index (χ4v) is 1.49. The zero-order chi connectivity index (χ0) is 8.91. The molecule has 0 fully saturated rings. The van der Waals surface area contributed by atoms with Gasteiger partial charge < -0.3 is 5.11 Å². The molecule has 0 rings (SSSR count). The fourth-order valence-electron chi connectivity index (χ4n) is 0.621. The van der Waals surface area contributed by atoms with Gasteiger partial charge in [0.25, 0.3) is 0 Å². The lowest BCUT2D eigenvalue weighted by molar-refractivity contribution is -0.136. The van der Waals surface area contributed by atoms with Gasteiger partial charge in [0.15, 0.2) is 0 Å². The Morgan fingerprint density at radius 1 is 1.36 bits per heavy atom. The van der Waals surface area contributed by atoms with Crippen molar-refractivity contribution in [3.05, 3.63) is 12.2 Å². The van der Waals surface area contributed by atoms with E-state index in [0.29, 0.717) is 0 Å². The molecular formula is C8H16O2Si. The van der Waals surface area contributed by atoms with Crippen molar-refractivity contribution >= 4 is 14.0 Å². The van der Waals surface area contributed by atoms with Crippen LogP contribution in [0.4, 0.5) is 0 Å². The van der Waals surface area contributed by atoms with Crippen LogP contribution in [-0.4, -0.2) is 19.1 Å². The van der Waals surface area contributed by atoms with Crippen LogP contribution in [0.5, 0.6) is 0 Å². The summed E-state index contributed by atoms with van der Waals surface area (Å²) in [7, 11) is -1.01.